The third kappa shape index (κ3) is 3.54. The van der Waals surface area contributed by atoms with Crippen LogP contribution in [0.5, 0.6) is 5.75 Å². The van der Waals surface area contributed by atoms with Crippen molar-refractivity contribution in [2.45, 2.75) is 13.0 Å². The second kappa shape index (κ2) is 6.31. The van der Waals surface area contributed by atoms with Gasteiger partial charge in [-0.1, -0.05) is 0 Å². The van der Waals surface area contributed by atoms with Crippen LogP contribution in [0.3, 0.4) is 0 Å². The highest BCUT2D eigenvalue weighted by Crippen LogP contribution is 2.24. The second-order valence-electron chi connectivity index (χ2n) is 4.92. The van der Waals surface area contributed by atoms with Crippen LogP contribution in [0.25, 0.3) is 0 Å². The van der Waals surface area contributed by atoms with Crippen LogP contribution < -0.4 is 10.1 Å². The number of pyridine rings is 2. The molecule has 7 heteroatoms. The Labute approximate surface area is 131 Å². The summed E-state index contributed by atoms with van der Waals surface area (Å²) in [6.07, 6.45) is 1.24. The summed E-state index contributed by atoms with van der Waals surface area (Å²) in [5, 5.41) is 2.58. The summed E-state index contributed by atoms with van der Waals surface area (Å²) in [5.74, 6) is 1.96. The zero-order valence-corrected chi connectivity index (χ0v) is 12.7. The average Bonchev–Trinajstić information content (AvgIpc) is 2.45. The molecular weight excluding hydrogens is 305 g/mol. The van der Waals surface area contributed by atoms with Crippen molar-refractivity contribution >= 4 is 23.5 Å². The van der Waals surface area contributed by atoms with E-state index in [0.717, 1.165) is 17.7 Å². The third-order valence-corrected chi connectivity index (χ3v) is 4.25. The number of carbonyl (C=O) groups is 1. The van der Waals surface area contributed by atoms with E-state index >= 15 is 0 Å². The predicted octanol–water partition coefficient (Wildman–Crippen LogP) is 2.67. The number of amides is 1. The second-order valence-corrected chi connectivity index (χ2v) is 6.00. The molecule has 0 spiro atoms. The highest BCUT2D eigenvalue weighted by molar-refractivity contribution is 8.00. The zero-order chi connectivity index (χ0) is 15.5. The van der Waals surface area contributed by atoms with Gasteiger partial charge in [0.2, 0.25) is 0 Å². The molecule has 22 heavy (non-hydrogen) atoms. The molecule has 1 amide bonds. The predicted molar refractivity (Wildman–Crippen MR) is 82.9 cm³/mol. The van der Waals surface area contributed by atoms with Crippen LogP contribution >= 0.6 is 11.8 Å². The summed E-state index contributed by atoms with van der Waals surface area (Å²) in [5.41, 5.74) is 0.940. The quantitative estimate of drug-likeness (QED) is 0.938. The molecule has 0 aromatic carbocycles. The van der Waals surface area contributed by atoms with Crippen molar-refractivity contribution in [1.29, 1.82) is 0 Å². The summed E-state index contributed by atoms with van der Waals surface area (Å²) in [6.45, 7) is 1.80. The normalized spacial score (nSPS) is 14.3. The van der Waals surface area contributed by atoms with Crippen molar-refractivity contribution < 1.29 is 13.9 Å². The van der Waals surface area contributed by atoms with Crippen molar-refractivity contribution in [2.75, 3.05) is 16.8 Å². The summed E-state index contributed by atoms with van der Waals surface area (Å²) in [6, 6.07) is 6.03. The minimum Gasteiger partial charge on any atom is -0.489 e. The molecular formula is C15H14FN3O2S. The number of hydrogen-bond acceptors (Lipinski definition) is 5. The van der Waals surface area contributed by atoms with Gasteiger partial charge in [-0.25, -0.2) is 14.4 Å². The largest absolute Gasteiger partial charge is 0.489 e. The van der Waals surface area contributed by atoms with Gasteiger partial charge in [-0.2, -0.15) is 11.8 Å². The van der Waals surface area contributed by atoms with Gasteiger partial charge >= 0.3 is 0 Å². The van der Waals surface area contributed by atoms with Crippen molar-refractivity contribution in [3.63, 3.8) is 0 Å². The number of thioether (sulfide) groups is 1. The standard InChI is InChI=1S/C15H14FN3O2S/c1-9-4-11(21-12-7-22-8-12)5-13(18-9)15(20)19-14-3-2-10(16)6-17-14/h2-6,12H,7-8H2,1H3,(H,17,19,20). The first-order valence-electron chi connectivity index (χ1n) is 6.76. The summed E-state index contributed by atoms with van der Waals surface area (Å²) in [7, 11) is 0. The van der Waals surface area contributed by atoms with Gasteiger partial charge in [-0.3, -0.25) is 4.79 Å². The minimum atomic E-state index is -0.458. The fraction of sp³-hybridized carbons (Fsp3) is 0.267. The van der Waals surface area contributed by atoms with Crippen LogP contribution in [0.1, 0.15) is 16.2 Å². The summed E-state index contributed by atoms with van der Waals surface area (Å²) in [4.78, 5) is 20.2. The number of halogens is 1. The lowest BCUT2D eigenvalue weighted by molar-refractivity contribution is 0.102. The van der Waals surface area contributed by atoms with E-state index in [2.05, 4.69) is 15.3 Å². The van der Waals surface area contributed by atoms with Crippen LogP contribution in [0.4, 0.5) is 10.2 Å². The van der Waals surface area contributed by atoms with E-state index < -0.39 is 11.7 Å². The van der Waals surface area contributed by atoms with Crippen molar-refractivity contribution in [2.24, 2.45) is 0 Å². The maximum atomic E-state index is 12.8. The molecule has 0 radical (unpaired) electrons. The molecule has 1 saturated heterocycles. The van der Waals surface area contributed by atoms with E-state index in [1.54, 1.807) is 19.1 Å². The average molecular weight is 319 g/mol. The molecule has 1 N–H and O–H groups in total. The number of nitrogens with one attached hydrogen (secondary N) is 1. The molecule has 2 aromatic rings. The first-order chi connectivity index (χ1) is 10.6. The molecule has 0 unspecified atom stereocenters. The lowest BCUT2D eigenvalue weighted by Crippen LogP contribution is -2.31. The first-order valence-corrected chi connectivity index (χ1v) is 7.91. The maximum Gasteiger partial charge on any atom is 0.275 e. The molecule has 1 aliphatic rings. The van der Waals surface area contributed by atoms with Crippen molar-refractivity contribution in [3.8, 4) is 5.75 Å². The Morgan fingerprint density at radius 3 is 2.86 bits per heavy atom. The molecule has 5 nitrogen and oxygen atoms in total. The van der Waals surface area contributed by atoms with E-state index in [4.69, 9.17) is 4.74 Å². The summed E-state index contributed by atoms with van der Waals surface area (Å²) >= 11 is 1.82. The fourth-order valence-corrected chi connectivity index (χ4v) is 2.49. The van der Waals surface area contributed by atoms with E-state index in [1.807, 2.05) is 11.8 Å². The van der Waals surface area contributed by atoms with Gasteiger partial charge in [0.15, 0.2) is 0 Å². The summed E-state index contributed by atoms with van der Waals surface area (Å²) < 4.78 is 18.6. The van der Waals surface area contributed by atoms with Crippen LogP contribution in [-0.2, 0) is 0 Å². The van der Waals surface area contributed by atoms with Gasteiger partial charge in [-0.15, -0.1) is 0 Å². The molecule has 3 heterocycles. The van der Waals surface area contributed by atoms with Gasteiger partial charge < -0.3 is 10.1 Å². The third-order valence-electron chi connectivity index (χ3n) is 3.04. The Morgan fingerprint density at radius 2 is 2.23 bits per heavy atom. The number of ether oxygens (including phenoxy) is 1. The molecule has 2 aromatic heterocycles. The van der Waals surface area contributed by atoms with Gasteiger partial charge in [0, 0.05) is 29.3 Å². The lowest BCUT2D eigenvalue weighted by atomic mass is 10.2. The van der Waals surface area contributed by atoms with Gasteiger partial charge in [-0.05, 0) is 19.1 Å². The number of carbonyl (C=O) groups excluding carboxylic acids is 1. The highest BCUT2D eigenvalue weighted by atomic mass is 32.2. The Balaban J connectivity index is 1.74. The number of aryl methyl sites for hydroxylation is 1. The molecule has 114 valence electrons. The number of aromatic nitrogens is 2. The molecule has 0 bridgehead atoms. The van der Waals surface area contributed by atoms with Gasteiger partial charge in [0.1, 0.15) is 29.2 Å². The smallest absolute Gasteiger partial charge is 0.275 e. The molecule has 0 atom stereocenters. The van der Waals surface area contributed by atoms with E-state index in [9.17, 15) is 9.18 Å². The monoisotopic (exact) mass is 319 g/mol. The van der Waals surface area contributed by atoms with E-state index in [1.165, 1.54) is 12.1 Å². The first kappa shape index (κ1) is 14.8. The number of anilines is 1. The SMILES string of the molecule is Cc1cc(OC2CSC2)cc(C(=O)Nc2ccc(F)cn2)n1. The Morgan fingerprint density at radius 1 is 1.41 bits per heavy atom. The molecule has 0 saturated carbocycles. The van der Waals surface area contributed by atoms with Crippen molar-refractivity contribution in [3.05, 3.63) is 47.7 Å². The Hall–Kier alpha value is -2.15. The van der Waals surface area contributed by atoms with Crippen LogP contribution in [0, 0.1) is 12.7 Å². The lowest BCUT2D eigenvalue weighted by Gasteiger charge is -2.26. The topological polar surface area (TPSA) is 64.1 Å². The van der Waals surface area contributed by atoms with Crippen LogP contribution in [0.15, 0.2) is 30.5 Å². The van der Waals surface area contributed by atoms with E-state index in [0.29, 0.717) is 11.4 Å². The molecule has 3 rings (SSSR count). The van der Waals surface area contributed by atoms with Gasteiger partial charge in [0.25, 0.3) is 5.91 Å². The Kier molecular flexibility index (Phi) is 4.24. The molecule has 0 aliphatic carbocycles. The van der Waals surface area contributed by atoms with E-state index in [-0.39, 0.29) is 17.6 Å². The number of nitrogens with zero attached hydrogens (tertiary/aromatic N) is 2. The molecule has 1 fully saturated rings. The van der Waals surface area contributed by atoms with Crippen LogP contribution in [0.2, 0.25) is 0 Å². The number of hydrogen-bond donors (Lipinski definition) is 1. The van der Waals surface area contributed by atoms with Crippen LogP contribution in [-0.4, -0.2) is 33.5 Å². The highest BCUT2D eigenvalue weighted by Gasteiger charge is 2.21. The number of rotatable bonds is 4. The van der Waals surface area contributed by atoms with Crippen molar-refractivity contribution in [1.82, 2.24) is 9.97 Å². The molecule has 1 aliphatic heterocycles. The Bertz CT molecular complexity index is 690. The maximum absolute atomic E-state index is 12.8. The van der Waals surface area contributed by atoms with Gasteiger partial charge in [0.05, 0.1) is 6.20 Å². The zero-order valence-electron chi connectivity index (χ0n) is 11.9. The minimum absolute atomic E-state index is 0.196. The fourth-order valence-electron chi connectivity index (χ4n) is 1.93.